The summed E-state index contributed by atoms with van der Waals surface area (Å²) in [5.74, 6) is 0. The molecule has 2 fully saturated rings. The van der Waals surface area contributed by atoms with Crippen molar-refractivity contribution in [2.24, 2.45) is 0 Å². The van der Waals surface area contributed by atoms with Gasteiger partial charge in [-0.1, -0.05) is 154 Å². The number of benzene rings is 8. The molecule has 5 nitrogen and oxygen atoms in total. The van der Waals surface area contributed by atoms with Crippen LogP contribution in [0.4, 0.5) is 17.1 Å². The maximum Gasteiger partial charge on any atom is 0.489 e. The maximum atomic E-state index is 6.95. The Morgan fingerprint density at radius 2 is 0.851 bits per heavy atom. The second kappa shape index (κ2) is 19.3. The monoisotopic (exact) mass is 1020 g/mol. The van der Waals surface area contributed by atoms with Gasteiger partial charge in [-0.15, -0.1) is 0 Å². The third-order valence-electron chi connectivity index (χ3n) is 17.2. The summed E-state index contributed by atoms with van der Waals surface area (Å²) in [6, 6.07) is 57.6. The first-order valence-corrected chi connectivity index (χ1v) is 27.6. The van der Waals surface area contributed by atoms with Gasteiger partial charge in [0.1, 0.15) is 0 Å². The van der Waals surface area contributed by atoms with Gasteiger partial charge in [0, 0.05) is 38.9 Å². The quantitative estimate of drug-likeness (QED) is 0.0802. The number of hydrogen-bond donors (Lipinski definition) is 0. The molecule has 74 heavy (non-hydrogen) atoms. The molecule has 1 atom stereocenters. The van der Waals surface area contributed by atoms with E-state index in [0.717, 1.165) is 61.2 Å². The molecule has 0 spiro atoms. The van der Waals surface area contributed by atoms with Gasteiger partial charge in [-0.2, -0.15) is 0 Å². The lowest BCUT2D eigenvalue weighted by Gasteiger charge is -2.37. The molecule has 0 amide bonds. The number of fused-ring (bicyclic) bond motifs is 5. The minimum Gasteiger partial charge on any atom is -0.405 e. The molecule has 0 bridgehead atoms. The predicted octanol–water partition coefficient (Wildman–Crippen LogP) is 18.5. The van der Waals surface area contributed by atoms with E-state index in [9.17, 15) is 0 Å². The Hall–Kier alpha value is -5.37. The van der Waals surface area contributed by atoms with Crippen molar-refractivity contribution in [3.8, 4) is 33.4 Å². The molecular formula is C65H67B2Cl2NO4. The molecule has 2 saturated heterocycles. The van der Waals surface area contributed by atoms with Crippen molar-refractivity contribution in [1.82, 2.24) is 0 Å². The highest BCUT2D eigenvalue weighted by molar-refractivity contribution is 7.11. The second-order valence-electron chi connectivity index (χ2n) is 22.8. The number of halogens is 2. The molecule has 2 aliphatic heterocycles. The van der Waals surface area contributed by atoms with Crippen LogP contribution in [-0.2, 0) is 30.5 Å². The number of nitrogens with zero attached hydrogens (tertiary/aromatic N) is 1. The molecule has 3 aliphatic rings. The highest BCUT2D eigenvalue weighted by atomic mass is 35.5. The van der Waals surface area contributed by atoms with Crippen LogP contribution < -0.4 is 4.90 Å². The van der Waals surface area contributed by atoms with Gasteiger partial charge in [-0.3, -0.25) is 0 Å². The van der Waals surface area contributed by atoms with Crippen LogP contribution in [0.3, 0.4) is 0 Å². The Morgan fingerprint density at radius 1 is 0.446 bits per heavy atom. The van der Waals surface area contributed by atoms with Crippen molar-refractivity contribution >= 4 is 75.8 Å². The Bertz CT molecular complexity index is 3270. The zero-order valence-electron chi connectivity index (χ0n) is 44.5. The van der Waals surface area contributed by atoms with Gasteiger partial charge in [0.05, 0.1) is 22.4 Å². The second-order valence-corrected chi connectivity index (χ2v) is 23.6. The van der Waals surface area contributed by atoms with E-state index in [0.29, 0.717) is 16.5 Å². The fourth-order valence-electron chi connectivity index (χ4n) is 12.2. The van der Waals surface area contributed by atoms with Gasteiger partial charge in [-0.25, -0.2) is 0 Å². The molecule has 376 valence electrons. The lowest BCUT2D eigenvalue weighted by molar-refractivity contribution is -0.00878. The summed E-state index contributed by atoms with van der Waals surface area (Å²) in [4.78, 5) is 2.24. The van der Waals surface area contributed by atoms with Gasteiger partial charge < -0.3 is 23.5 Å². The van der Waals surface area contributed by atoms with Gasteiger partial charge >= 0.3 is 14.0 Å². The maximum absolute atomic E-state index is 6.95. The zero-order valence-corrected chi connectivity index (χ0v) is 46.0. The van der Waals surface area contributed by atoms with Crippen molar-refractivity contribution in [3.63, 3.8) is 0 Å². The van der Waals surface area contributed by atoms with Crippen molar-refractivity contribution in [1.29, 1.82) is 0 Å². The van der Waals surface area contributed by atoms with Crippen LogP contribution in [0.5, 0.6) is 0 Å². The van der Waals surface area contributed by atoms with Gasteiger partial charge in [0.15, 0.2) is 0 Å². The third-order valence-corrected chi connectivity index (χ3v) is 17.7. The smallest absolute Gasteiger partial charge is 0.405 e. The largest absolute Gasteiger partial charge is 0.489 e. The van der Waals surface area contributed by atoms with Gasteiger partial charge in [0.2, 0.25) is 0 Å². The van der Waals surface area contributed by atoms with Crippen LogP contribution in [0.2, 0.25) is 10.0 Å². The Labute approximate surface area is 449 Å². The van der Waals surface area contributed by atoms with Crippen molar-refractivity contribution in [3.05, 3.63) is 184 Å². The first-order chi connectivity index (χ1) is 35.5. The Kier molecular flexibility index (Phi) is 13.3. The van der Waals surface area contributed by atoms with E-state index in [-0.39, 0.29) is 5.41 Å². The molecular weight excluding hydrogens is 951 g/mol. The van der Waals surface area contributed by atoms with Gasteiger partial charge in [-0.05, 0) is 200 Å². The number of unbranched alkanes of at least 4 members (excludes halogenated alkanes) is 2. The van der Waals surface area contributed by atoms with E-state index in [4.69, 9.17) is 41.8 Å². The molecule has 0 radical (unpaired) electrons. The van der Waals surface area contributed by atoms with Crippen LogP contribution in [0, 0.1) is 0 Å². The minimum absolute atomic E-state index is 0.142. The fourth-order valence-corrected chi connectivity index (χ4v) is 12.4. The normalized spacial score (nSPS) is 19.1. The molecule has 8 aromatic rings. The van der Waals surface area contributed by atoms with E-state index < -0.39 is 36.4 Å². The molecule has 0 saturated carbocycles. The predicted molar refractivity (Wildman–Crippen MR) is 312 cm³/mol. The van der Waals surface area contributed by atoms with Crippen LogP contribution in [-0.4, -0.2) is 36.4 Å². The molecule has 2 heterocycles. The lowest BCUT2D eigenvalue weighted by Crippen LogP contribution is -2.46. The zero-order chi connectivity index (χ0) is 51.8. The van der Waals surface area contributed by atoms with Crippen LogP contribution >= 0.6 is 23.2 Å². The number of hydrogen-bond acceptors (Lipinski definition) is 5. The highest BCUT2D eigenvalue weighted by Gasteiger charge is 2.65. The molecule has 11 rings (SSSR count). The van der Waals surface area contributed by atoms with Crippen molar-refractivity contribution < 1.29 is 18.6 Å². The Morgan fingerprint density at radius 3 is 1.34 bits per heavy atom. The average Bonchev–Trinajstić information content (AvgIpc) is 3.89. The number of rotatable bonds is 14. The van der Waals surface area contributed by atoms with Crippen LogP contribution in [0.15, 0.2) is 158 Å². The first kappa shape index (κ1) is 50.8. The third kappa shape index (κ3) is 8.70. The van der Waals surface area contributed by atoms with E-state index >= 15 is 0 Å². The van der Waals surface area contributed by atoms with Crippen molar-refractivity contribution in [2.45, 2.75) is 135 Å². The molecule has 8 aromatic carbocycles. The molecule has 1 unspecified atom stereocenters. The van der Waals surface area contributed by atoms with E-state index in [1.807, 2.05) is 24.3 Å². The lowest BCUT2D eigenvalue weighted by atomic mass is 9.49. The summed E-state index contributed by atoms with van der Waals surface area (Å²) in [6.45, 7) is 19.4. The highest BCUT2D eigenvalue weighted by Crippen LogP contribution is 2.57. The standard InChI is InChI=1S/C65H67B2Cl2NO4/c1-10-12-38-65(39-13-11-2)57-40-43(42-64(9)63(7,8)73-67(74-64)66-71-61(3,4)62(5,6)72-66)22-36-51(57)52-37-25-45(41-58(52)65)60-55-20-16-14-18-53(55)59(54-19-15-17-21-56(54)60)44-23-30-48(31-24-44)70(49-32-26-46(68)27-33-49)50-34-28-47(69)29-35-50/h14-37,40-41H,10-13,38-39,42H2,1-9H3. The summed E-state index contributed by atoms with van der Waals surface area (Å²) >= 11 is 12.8. The fraction of sp³-hybridized carbons (Fsp3) is 0.323. The Balaban J connectivity index is 0.991. The summed E-state index contributed by atoms with van der Waals surface area (Å²) in [6.07, 6.45) is 7.43. The van der Waals surface area contributed by atoms with E-state index in [1.165, 1.54) is 66.1 Å². The summed E-state index contributed by atoms with van der Waals surface area (Å²) in [7, 11) is -1.25. The minimum atomic E-state index is -0.638. The molecule has 9 heteroatoms. The molecule has 0 aromatic heterocycles. The summed E-state index contributed by atoms with van der Waals surface area (Å²) < 4.78 is 26.6. The number of anilines is 3. The van der Waals surface area contributed by atoms with Crippen LogP contribution in [0.25, 0.3) is 54.9 Å². The van der Waals surface area contributed by atoms with Crippen molar-refractivity contribution in [2.75, 3.05) is 4.90 Å². The summed E-state index contributed by atoms with van der Waals surface area (Å²) in [5.41, 5.74) is 12.5. The molecule has 0 N–H and O–H groups in total. The SMILES string of the molecule is CCCCC1(CCCC)c2cc(CC3(C)OB(B4OC(C)(C)C(C)(C)O4)OC3(C)C)ccc2-c2ccc(-c3c4ccccc4c(-c4ccc(N(c5ccc(Cl)cc5)c5ccc(Cl)cc5)cc4)c4ccccc34)cc21. The van der Waals surface area contributed by atoms with E-state index in [2.05, 4.69) is 201 Å². The summed E-state index contributed by atoms with van der Waals surface area (Å²) in [5, 5.41) is 6.34. The molecule has 1 aliphatic carbocycles. The average molecular weight is 1020 g/mol. The topological polar surface area (TPSA) is 40.2 Å². The van der Waals surface area contributed by atoms with E-state index in [1.54, 1.807) is 0 Å². The first-order valence-electron chi connectivity index (χ1n) is 26.8. The van der Waals surface area contributed by atoms with Crippen LogP contribution in [0.1, 0.15) is 118 Å². The van der Waals surface area contributed by atoms with Gasteiger partial charge in [0.25, 0.3) is 0 Å².